The summed E-state index contributed by atoms with van der Waals surface area (Å²) in [6.07, 6.45) is 6.84. The number of nitrogens with two attached hydrogens (primary N) is 1. The third-order valence-electron chi connectivity index (χ3n) is 2.82. The van der Waals surface area contributed by atoms with Crippen LogP contribution in [0.1, 0.15) is 25.3 Å². The predicted molar refractivity (Wildman–Crippen MR) is 71.5 cm³/mol. The molecule has 0 aliphatic rings. The molecule has 1 atom stereocenters. The molecule has 1 rings (SSSR count). The summed E-state index contributed by atoms with van der Waals surface area (Å²) in [4.78, 5) is 0. The van der Waals surface area contributed by atoms with Gasteiger partial charge in [-0.3, -0.25) is 4.68 Å². The number of hydrogen-bond donors (Lipinski definition) is 1. The molecule has 1 aromatic heterocycles. The SMILES string of the molecule is CCC(N)Cc1cnn(CCCOCCOC)c1. The number of nitrogens with zero attached hydrogens (tertiary/aromatic N) is 2. The second kappa shape index (κ2) is 9.08. The monoisotopic (exact) mass is 255 g/mol. The van der Waals surface area contributed by atoms with Crippen LogP contribution in [0.2, 0.25) is 0 Å². The Morgan fingerprint density at radius 3 is 2.94 bits per heavy atom. The molecule has 0 bridgehead atoms. The van der Waals surface area contributed by atoms with Crippen LogP contribution in [-0.2, 0) is 22.4 Å². The van der Waals surface area contributed by atoms with E-state index in [-0.39, 0.29) is 6.04 Å². The zero-order valence-corrected chi connectivity index (χ0v) is 11.5. The third kappa shape index (κ3) is 6.14. The van der Waals surface area contributed by atoms with E-state index < -0.39 is 0 Å². The van der Waals surface area contributed by atoms with Gasteiger partial charge < -0.3 is 15.2 Å². The molecule has 0 aromatic carbocycles. The lowest BCUT2D eigenvalue weighted by Crippen LogP contribution is -2.21. The Morgan fingerprint density at radius 2 is 2.22 bits per heavy atom. The first-order valence-electron chi connectivity index (χ1n) is 6.59. The molecule has 18 heavy (non-hydrogen) atoms. The van der Waals surface area contributed by atoms with Crippen molar-refractivity contribution in [1.29, 1.82) is 0 Å². The molecule has 0 saturated heterocycles. The van der Waals surface area contributed by atoms with Crippen LogP contribution in [0.4, 0.5) is 0 Å². The molecule has 0 aliphatic carbocycles. The first-order chi connectivity index (χ1) is 8.76. The summed E-state index contributed by atoms with van der Waals surface area (Å²) < 4.78 is 12.3. The molecule has 2 N–H and O–H groups in total. The average molecular weight is 255 g/mol. The lowest BCUT2D eigenvalue weighted by molar-refractivity contribution is 0.0677. The molecule has 0 saturated carbocycles. The van der Waals surface area contributed by atoms with Crippen LogP contribution in [0, 0.1) is 0 Å². The Labute approximate surface area is 109 Å². The molecule has 5 nitrogen and oxygen atoms in total. The second-order valence-electron chi connectivity index (χ2n) is 4.44. The summed E-state index contributed by atoms with van der Waals surface area (Å²) in [5.74, 6) is 0. The summed E-state index contributed by atoms with van der Waals surface area (Å²) >= 11 is 0. The molecule has 0 amide bonds. The summed E-state index contributed by atoms with van der Waals surface area (Å²) in [5, 5.41) is 4.32. The van der Waals surface area contributed by atoms with Crippen LogP contribution in [0.5, 0.6) is 0 Å². The van der Waals surface area contributed by atoms with Crippen molar-refractivity contribution in [2.24, 2.45) is 5.73 Å². The standard InChI is InChI=1S/C13H25N3O2/c1-3-13(14)9-12-10-15-16(11-12)5-4-6-18-8-7-17-2/h10-11,13H,3-9,14H2,1-2H3. The third-order valence-corrected chi connectivity index (χ3v) is 2.82. The van der Waals surface area contributed by atoms with Gasteiger partial charge in [0, 0.05) is 32.5 Å². The Kier molecular flexibility index (Phi) is 7.64. The highest BCUT2D eigenvalue weighted by molar-refractivity contribution is 5.05. The summed E-state index contributed by atoms with van der Waals surface area (Å²) in [5.41, 5.74) is 7.13. The fraction of sp³-hybridized carbons (Fsp3) is 0.769. The molecule has 1 unspecified atom stereocenters. The van der Waals surface area contributed by atoms with Crippen molar-refractivity contribution >= 4 is 0 Å². The molecule has 0 radical (unpaired) electrons. The van der Waals surface area contributed by atoms with Gasteiger partial charge in [-0.05, 0) is 24.8 Å². The minimum Gasteiger partial charge on any atom is -0.382 e. The highest BCUT2D eigenvalue weighted by Crippen LogP contribution is 2.04. The van der Waals surface area contributed by atoms with Gasteiger partial charge in [0.2, 0.25) is 0 Å². The van der Waals surface area contributed by atoms with Gasteiger partial charge in [-0.2, -0.15) is 5.10 Å². The molecule has 0 fully saturated rings. The lowest BCUT2D eigenvalue weighted by atomic mass is 10.1. The number of rotatable bonds is 10. The Balaban J connectivity index is 2.15. The van der Waals surface area contributed by atoms with E-state index in [0.29, 0.717) is 13.2 Å². The number of methoxy groups -OCH3 is 1. The van der Waals surface area contributed by atoms with Gasteiger partial charge in [0.15, 0.2) is 0 Å². The first kappa shape index (κ1) is 15.1. The van der Waals surface area contributed by atoms with Crippen molar-refractivity contribution in [1.82, 2.24) is 9.78 Å². The van der Waals surface area contributed by atoms with Gasteiger partial charge >= 0.3 is 0 Å². The fourth-order valence-corrected chi connectivity index (χ4v) is 1.65. The topological polar surface area (TPSA) is 62.3 Å². The van der Waals surface area contributed by atoms with E-state index in [4.69, 9.17) is 15.2 Å². The smallest absolute Gasteiger partial charge is 0.0700 e. The number of ether oxygens (including phenoxy) is 2. The quantitative estimate of drug-likeness (QED) is 0.638. The van der Waals surface area contributed by atoms with Crippen molar-refractivity contribution in [3.05, 3.63) is 18.0 Å². The van der Waals surface area contributed by atoms with E-state index in [1.807, 2.05) is 10.9 Å². The van der Waals surface area contributed by atoms with Crippen LogP contribution < -0.4 is 5.73 Å². The van der Waals surface area contributed by atoms with E-state index in [1.54, 1.807) is 7.11 Å². The number of aromatic nitrogens is 2. The van der Waals surface area contributed by atoms with Gasteiger partial charge in [-0.1, -0.05) is 6.92 Å². The molecule has 1 aromatic rings. The van der Waals surface area contributed by atoms with Gasteiger partial charge in [0.25, 0.3) is 0 Å². The normalized spacial score (nSPS) is 12.8. The van der Waals surface area contributed by atoms with Crippen LogP contribution in [-0.4, -0.2) is 42.8 Å². The Bertz CT molecular complexity index is 315. The van der Waals surface area contributed by atoms with E-state index in [0.717, 1.165) is 32.4 Å². The molecule has 0 aliphatic heterocycles. The molecular weight excluding hydrogens is 230 g/mol. The van der Waals surface area contributed by atoms with Crippen LogP contribution in [0.15, 0.2) is 12.4 Å². The van der Waals surface area contributed by atoms with E-state index in [9.17, 15) is 0 Å². The molecule has 5 heteroatoms. The maximum absolute atomic E-state index is 5.91. The number of aryl methyl sites for hydroxylation is 1. The number of hydrogen-bond acceptors (Lipinski definition) is 4. The zero-order chi connectivity index (χ0) is 13.2. The first-order valence-corrected chi connectivity index (χ1v) is 6.59. The highest BCUT2D eigenvalue weighted by Gasteiger charge is 2.03. The summed E-state index contributed by atoms with van der Waals surface area (Å²) in [6, 6.07) is 0.236. The average Bonchev–Trinajstić information content (AvgIpc) is 2.81. The van der Waals surface area contributed by atoms with Crippen LogP contribution in [0.3, 0.4) is 0 Å². The minimum absolute atomic E-state index is 0.236. The van der Waals surface area contributed by atoms with E-state index in [1.165, 1.54) is 5.56 Å². The molecule has 1 heterocycles. The van der Waals surface area contributed by atoms with E-state index >= 15 is 0 Å². The zero-order valence-electron chi connectivity index (χ0n) is 11.5. The minimum atomic E-state index is 0.236. The van der Waals surface area contributed by atoms with Crippen molar-refractivity contribution in [3.63, 3.8) is 0 Å². The molecular formula is C13H25N3O2. The van der Waals surface area contributed by atoms with Crippen molar-refractivity contribution < 1.29 is 9.47 Å². The van der Waals surface area contributed by atoms with Crippen molar-refractivity contribution in [3.8, 4) is 0 Å². The fourth-order valence-electron chi connectivity index (χ4n) is 1.65. The highest BCUT2D eigenvalue weighted by atomic mass is 16.5. The van der Waals surface area contributed by atoms with Gasteiger partial charge in [-0.25, -0.2) is 0 Å². The second-order valence-corrected chi connectivity index (χ2v) is 4.44. The Hall–Kier alpha value is -0.910. The Morgan fingerprint density at radius 1 is 1.39 bits per heavy atom. The summed E-state index contributed by atoms with van der Waals surface area (Å²) in [6.45, 7) is 5.04. The largest absolute Gasteiger partial charge is 0.382 e. The molecule has 0 spiro atoms. The maximum atomic E-state index is 5.91. The van der Waals surface area contributed by atoms with Crippen LogP contribution in [0.25, 0.3) is 0 Å². The van der Waals surface area contributed by atoms with Crippen molar-refractivity contribution in [2.75, 3.05) is 26.9 Å². The van der Waals surface area contributed by atoms with Gasteiger partial charge in [0.1, 0.15) is 0 Å². The predicted octanol–water partition coefficient (Wildman–Crippen LogP) is 1.22. The van der Waals surface area contributed by atoms with Crippen LogP contribution >= 0.6 is 0 Å². The van der Waals surface area contributed by atoms with E-state index in [2.05, 4.69) is 18.2 Å². The van der Waals surface area contributed by atoms with Gasteiger partial charge in [-0.15, -0.1) is 0 Å². The molecule has 104 valence electrons. The lowest BCUT2D eigenvalue weighted by Gasteiger charge is -2.05. The van der Waals surface area contributed by atoms with Gasteiger partial charge in [0.05, 0.1) is 19.4 Å². The maximum Gasteiger partial charge on any atom is 0.0700 e. The summed E-state index contributed by atoms with van der Waals surface area (Å²) in [7, 11) is 1.68. The van der Waals surface area contributed by atoms with Crippen molar-refractivity contribution in [2.45, 2.75) is 38.8 Å².